The van der Waals surface area contributed by atoms with Gasteiger partial charge in [0.2, 0.25) is 0 Å². The first-order chi connectivity index (χ1) is 12.9. The van der Waals surface area contributed by atoms with Gasteiger partial charge in [-0.15, -0.1) is 0 Å². The summed E-state index contributed by atoms with van der Waals surface area (Å²) < 4.78 is 15.0. The van der Waals surface area contributed by atoms with Crippen molar-refractivity contribution in [1.82, 2.24) is 0 Å². The van der Waals surface area contributed by atoms with Crippen molar-refractivity contribution < 1.29 is 28.7 Å². The summed E-state index contributed by atoms with van der Waals surface area (Å²) in [6, 6.07) is 10.2. The number of nitrogens with one attached hydrogen (secondary N) is 1. The number of halogens is 1. The zero-order valence-corrected chi connectivity index (χ0v) is 14.9. The Morgan fingerprint density at radius 2 is 1.96 bits per heavy atom. The molecule has 0 fully saturated rings. The Morgan fingerprint density at radius 3 is 2.63 bits per heavy atom. The second-order valence-electron chi connectivity index (χ2n) is 5.10. The number of carbonyl (C=O) groups is 2. The van der Waals surface area contributed by atoms with E-state index in [1.54, 1.807) is 18.2 Å². The summed E-state index contributed by atoms with van der Waals surface area (Å²) in [5, 5.41) is 13.7. The molecule has 0 aliphatic carbocycles. The third kappa shape index (κ3) is 6.15. The van der Waals surface area contributed by atoms with Gasteiger partial charge >= 0.3 is 5.97 Å². The molecule has 0 radical (unpaired) electrons. The highest BCUT2D eigenvalue weighted by Crippen LogP contribution is 2.28. The van der Waals surface area contributed by atoms with Gasteiger partial charge in [-0.2, -0.15) is 0 Å². The molecular weight excluding hydrogens is 380 g/mol. The van der Waals surface area contributed by atoms with Crippen molar-refractivity contribution in [3.63, 3.8) is 0 Å². The lowest BCUT2D eigenvalue weighted by molar-refractivity contribution is -0.384. The molecule has 1 N–H and O–H groups in total. The average molecular weight is 395 g/mol. The number of anilines is 1. The largest absolute Gasteiger partial charge is 0.495 e. The Kier molecular flexibility index (Phi) is 6.95. The van der Waals surface area contributed by atoms with E-state index in [1.165, 1.54) is 25.3 Å². The van der Waals surface area contributed by atoms with E-state index >= 15 is 0 Å². The number of ether oxygens (including phenoxy) is 3. The van der Waals surface area contributed by atoms with Crippen LogP contribution in [0.15, 0.2) is 42.5 Å². The quantitative estimate of drug-likeness (QED) is 0.415. The number of carbonyl (C=O) groups excluding carboxylic acids is 2. The fraction of sp³-hybridized carbons (Fsp3) is 0.176. The molecule has 0 aliphatic heterocycles. The lowest BCUT2D eigenvalue weighted by atomic mass is 10.2. The van der Waals surface area contributed by atoms with Crippen LogP contribution >= 0.6 is 11.6 Å². The highest BCUT2D eigenvalue weighted by Gasteiger charge is 2.15. The molecule has 0 heterocycles. The average Bonchev–Trinajstić information content (AvgIpc) is 2.64. The van der Waals surface area contributed by atoms with E-state index in [0.717, 1.165) is 6.07 Å². The molecule has 1 amide bonds. The molecule has 0 bridgehead atoms. The van der Waals surface area contributed by atoms with Crippen molar-refractivity contribution in [1.29, 1.82) is 0 Å². The van der Waals surface area contributed by atoms with Gasteiger partial charge in [0.25, 0.3) is 11.6 Å². The van der Waals surface area contributed by atoms with Gasteiger partial charge < -0.3 is 19.5 Å². The molecular formula is C17H15ClN2O7. The van der Waals surface area contributed by atoms with Crippen LogP contribution in [0.25, 0.3) is 0 Å². The zero-order valence-electron chi connectivity index (χ0n) is 14.1. The number of hydrogen-bond donors (Lipinski definition) is 1. The lowest BCUT2D eigenvalue weighted by Crippen LogP contribution is -2.23. The molecule has 0 saturated heterocycles. The summed E-state index contributed by atoms with van der Waals surface area (Å²) >= 11 is 5.79. The minimum atomic E-state index is -0.767. The minimum absolute atomic E-state index is 0.0860. The normalized spacial score (nSPS) is 10.0. The van der Waals surface area contributed by atoms with Gasteiger partial charge in [0.1, 0.15) is 11.5 Å². The Bertz CT molecular complexity index is 857. The molecule has 0 spiro atoms. The number of rotatable bonds is 8. The van der Waals surface area contributed by atoms with Crippen molar-refractivity contribution >= 4 is 34.9 Å². The maximum atomic E-state index is 11.9. The number of non-ortho nitro benzene ring substituents is 1. The van der Waals surface area contributed by atoms with Crippen LogP contribution in [0, 0.1) is 10.1 Å². The van der Waals surface area contributed by atoms with Gasteiger partial charge in [0.15, 0.2) is 13.2 Å². The third-order valence-corrected chi connectivity index (χ3v) is 3.42. The second-order valence-corrected chi connectivity index (χ2v) is 5.53. The number of nitro groups is 1. The Morgan fingerprint density at radius 1 is 1.19 bits per heavy atom. The van der Waals surface area contributed by atoms with Crippen molar-refractivity contribution in [2.75, 3.05) is 25.6 Å². The van der Waals surface area contributed by atoms with Crippen LogP contribution in [-0.2, 0) is 14.3 Å². The van der Waals surface area contributed by atoms with Gasteiger partial charge in [-0.3, -0.25) is 14.9 Å². The number of esters is 1. The summed E-state index contributed by atoms with van der Waals surface area (Å²) in [5.74, 6) is -0.851. The number of nitro benzene ring substituents is 1. The van der Waals surface area contributed by atoms with Crippen molar-refractivity contribution in [2.24, 2.45) is 0 Å². The van der Waals surface area contributed by atoms with E-state index in [-0.39, 0.29) is 17.1 Å². The SMILES string of the molecule is COc1ccc([N+](=O)[O-])cc1NC(=O)COC(=O)COc1cccc(Cl)c1. The van der Waals surface area contributed by atoms with Crippen LogP contribution in [-0.4, -0.2) is 37.1 Å². The first-order valence-corrected chi connectivity index (χ1v) is 7.93. The number of benzene rings is 2. The van der Waals surface area contributed by atoms with Crippen molar-refractivity contribution in [3.8, 4) is 11.5 Å². The summed E-state index contributed by atoms with van der Waals surface area (Å²) in [7, 11) is 1.35. The summed E-state index contributed by atoms with van der Waals surface area (Å²) in [4.78, 5) is 33.8. The molecule has 142 valence electrons. The predicted octanol–water partition coefficient (Wildman–Crippen LogP) is 2.82. The summed E-state index contributed by atoms with van der Waals surface area (Å²) in [6.45, 7) is -1.00. The molecule has 0 aromatic heterocycles. The first kappa shape index (κ1) is 20.0. The van der Waals surface area contributed by atoms with E-state index < -0.39 is 30.0 Å². The number of nitrogens with zero attached hydrogens (tertiary/aromatic N) is 1. The molecule has 27 heavy (non-hydrogen) atoms. The van der Waals surface area contributed by atoms with E-state index in [1.807, 2.05) is 0 Å². The maximum Gasteiger partial charge on any atom is 0.344 e. The van der Waals surface area contributed by atoms with Gasteiger partial charge in [0.05, 0.1) is 17.7 Å². The monoisotopic (exact) mass is 394 g/mol. The van der Waals surface area contributed by atoms with Crippen LogP contribution in [0.5, 0.6) is 11.5 Å². The fourth-order valence-corrected chi connectivity index (χ4v) is 2.16. The molecule has 2 aromatic carbocycles. The van der Waals surface area contributed by atoms with E-state index in [4.69, 9.17) is 25.8 Å². The highest BCUT2D eigenvalue weighted by molar-refractivity contribution is 6.30. The standard InChI is InChI=1S/C17H15ClN2O7/c1-25-15-6-5-12(20(23)24)8-14(15)19-16(21)9-27-17(22)10-26-13-4-2-3-11(18)7-13/h2-8H,9-10H2,1H3,(H,19,21). The first-order valence-electron chi connectivity index (χ1n) is 7.55. The van der Waals surface area contributed by atoms with Crippen LogP contribution < -0.4 is 14.8 Å². The Hall–Kier alpha value is -3.33. The molecule has 0 unspecified atom stereocenters. The van der Waals surface area contributed by atoms with Gasteiger partial charge in [0, 0.05) is 17.2 Å². The number of hydrogen-bond acceptors (Lipinski definition) is 7. The fourth-order valence-electron chi connectivity index (χ4n) is 1.98. The van der Waals surface area contributed by atoms with Crippen molar-refractivity contribution in [2.45, 2.75) is 0 Å². The van der Waals surface area contributed by atoms with Crippen LogP contribution in [0.3, 0.4) is 0 Å². The summed E-state index contributed by atoms with van der Waals surface area (Å²) in [5.41, 5.74) is -0.138. The smallest absolute Gasteiger partial charge is 0.344 e. The van der Waals surface area contributed by atoms with E-state index in [9.17, 15) is 19.7 Å². The molecule has 9 nitrogen and oxygen atoms in total. The van der Waals surface area contributed by atoms with E-state index in [2.05, 4.69) is 5.32 Å². The number of amides is 1. The molecule has 10 heteroatoms. The molecule has 0 aliphatic rings. The van der Waals surface area contributed by atoms with Crippen LogP contribution in [0.4, 0.5) is 11.4 Å². The van der Waals surface area contributed by atoms with E-state index in [0.29, 0.717) is 10.8 Å². The number of methoxy groups -OCH3 is 1. The Labute approximate surface area is 158 Å². The van der Waals surface area contributed by atoms with Crippen LogP contribution in [0.2, 0.25) is 5.02 Å². The second kappa shape index (κ2) is 9.39. The predicted molar refractivity (Wildman–Crippen MR) is 96.2 cm³/mol. The van der Waals surface area contributed by atoms with Crippen molar-refractivity contribution in [3.05, 3.63) is 57.6 Å². The molecule has 2 rings (SSSR count). The topological polar surface area (TPSA) is 117 Å². The Balaban J connectivity index is 1.86. The molecule has 0 saturated carbocycles. The van der Waals surface area contributed by atoms with Gasteiger partial charge in [-0.25, -0.2) is 4.79 Å². The molecule has 0 atom stereocenters. The van der Waals surface area contributed by atoms with Crippen LogP contribution in [0.1, 0.15) is 0 Å². The highest BCUT2D eigenvalue weighted by atomic mass is 35.5. The minimum Gasteiger partial charge on any atom is -0.495 e. The maximum absolute atomic E-state index is 11.9. The van der Waals surface area contributed by atoms with Gasteiger partial charge in [-0.1, -0.05) is 17.7 Å². The summed E-state index contributed by atoms with van der Waals surface area (Å²) in [6.07, 6.45) is 0. The third-order valence-electron chi connectivity index (χ3n) is 3.18. The lowest BCUT2D eigenvalue weighted by Gasteiger charge is -2.10. The zero-order chi connectivity index (χ0) is 19.8. The van der Waals surface area contributed by atoms with Gasteiger partial charge in [-0.05, 0) is 24.3 Å². The molecule has 2 aromatic rings.